The fourth-order valence-electron chi connectivity index (χ4n) is 1.72. The molecule has 0 aromatic rings. The summed E-state index contributed by atoms with van der Waals surface area (Å²) in [5.74, 6) is 0.427. The Hall–Kier alpha value is -0.313. The molecule has 0 heterocycles. The van der Waals surface area contributed by atoms with Crippen molar-refractivity contribution in [1.29, 1.82) is 0 Å². The van der Waals surface area contributed by atoms with Gasteiger partial charge in [-0.3, -0.25) is 4.79 Å². The van der Waals surface area contributed by atoms with Gasteiger partial charge in [0.2, 0.25) is 0 Å². The van der Waals surface area contributed by atoms with Crippen LogP contribution in [0.5, 0.6) is 0 Å². The zero-order valence-electron chi connectivity index (χ0n) is 10.5. The standard InChI is InChI=1S/C12H24O2Si/c1-9(2)12(3,15)11(13)14-10-7-5-4-6-8-10/h9-10H,4-8H2,1-3,15H3. The number of hydrogen-bond acceptors (Lipinski definition) is 2. The van der Waals surface area contributed by atoms with Crippen LogP contribution in [-0.2, 0) is 9.53 Å². The Morgan fingerprint density at radius 2 is 1.87 bits per heavy atom. The molecule has 1 rings (SSSR count). The predicted octanol–water partition coefficient (Wildman–Crippen LogP) is 2.06. The summed E-state index contributed by atoms with van der Waals surface area (Å²) < 4.78 is 5.61. The summed E-state index contributed by atoms with van der Waals surface area (Å²) in [4.78, 5) is 12.0. The van der Waals surface area contributed by atoms with Crippen molar-refractivity contribution in [3.63, 3.8) is 0 Å². The Labute approximate surface area is 96.2 Å². The molecule has 0 amide bonds. The van der Waals surface area contributed by atoms with Crippen molar-refractivity contribution in [3.05, 3.63) is 0 Å². The molecule has 0 aromatic carbocycles. The number of rotatable bonds is 3. The molecule has 88 valence electrons. The summed E-state index contributed by atoms with van der Waals surface area (Å²) in [5, 5.41) is -0.211. The van der Waals surface area contributed by atoms with E-state index in [0.717, 1.165) is 23.1 Å². The first-order valence-corrected chi connectivity index (χ1v) is 7.15. The SMILES string of the molecule is CC(C)C(C)([SiH3])C(=O)OC1CCCCC1. The van der Waals surface area contributed by atoms with Gasteiger partial charge >= 0.3 is 5.97 Å². The van der Waals surface area contributed by atoms with Crippen LogP contribution in [0.25, 0.3) is 0 Å². The molecule has 1 fully saturated rings. The van der Waals surface area contributed by atoms with Crippen molar-refractivity contribution >= 4 is 16.2 Å². The van der Waals surface area contributed by atoms with Crippen LogP contribution >= 0.6 is 0 Å². The van der Waals surface area contributed by atoms with Gasteiger partial charge in [-0.1, -0.05) is 27.2 Å². The maximum absolute atomic E-state index is 12.0. The van der Waals surface area contributed by atoms with E-state index in [-0.39, 0.29) is 17.1 Å². The van der Waals surface area contributed by atoms with E-state index < -0.39 is 0 Å². The molecule has 2 nitrogen and oxygen atoms in total. The first-order valence-electron chi connectivity index (χ1n) is 6.15. The maximum atomic E-state index is 12.0. The minimum atomic E-state index is -0.211. The quantitative estimate of drug-likeness (QED) is 0.546. The lowest BCUT2D eigenvalue weighted by molar-refractivity contribution is -0.155. The van der Waals surface area contributed by atoms with Gasteiger partial charge in [0, 0.05) is 10.2 Å². The van der Waals surface area contributed by atoms with Gasteiger partial charge in [-0.25, -0.2) is 0 Å². The summed E-state index contributed by atoms with van der Waals surface area (Å²) in [6, 6.07) is 0. The number of ether oxygens (including phenoxy) is 1. The molecule has 0 bridgehead atoms. The molecule has 0 saturated heterocycles. The molecule has 1 unspecified atom stereocenters. The van der Waals surface area contributed by atoms with Gasteiger partial charge in [-0.15, -0.1) is 0 Å². The first kappa shape index (κ1) is 12.8. The molecule has 0 N–H and O–H groups in total. The van der Waals surface area contributed by atoms with Gasteiger partial charge in [-0.2, -0.15) is 0 Å². The third kappa shape index (κ3) is 3.33. The monoisotopic (exact) mass is 228 g/mol. The predicted molar refractivity (Wildman–Crippen MR) is 66.1 cm³/mol. The van der Waals surface area contributed by atoms with Crippen LogP contribution in [0.4, 0.5) is 0 Å². The van der Waals surface area contributed by atoms with Crippen LogP contribution < -0.4 is 0 Å². The number of carbonyl (C=O) groups is 1. The van der Waals surface area contributed by atoms with Gasteiger partial charge in [0.1, 0.15) is 6.10 Å². The van der Waals surface area contributed by atoms with Crippen molar-refractivity contribution in [3.8, 4) is 0 Å². The highest BCUT2D eigenvalue weighted by Gasteiger charge is 2.34. The molecule has 1 saturated carbocycles. The smallest absolute Gasteiger partial charge is 0.308 e. The largest absolute Gasteiger partial charge is 0.462 e. The van der Waals surface area contributed by atoms with Crippen LogP contribution in [0.3, 0.4) is 0 Å². The highest BCUT2D eigenvalue weighted by atomic mass is 28.1. The average molecular weight is 228 g/mol. The second-order valence-corrected chi connectivity index (χ2v) is 7.62. The van der Waals surface area contributed by atoms with E-state index in [9.17, 15) is 4.79 Å². The minimum Gasteiger partial charge on any atom is -0.462 e. The Bertz CT molecular complexity index is 218. The maximum Gasteiger partial charge on any atom is 0.308 e. The topological polar surface area (TPSA) is 26.3 Å². The third-order valence-corrected chi connectivity index (χ3v) is 5.36. The van der Waals surface area contributed by atoms with Gasteiger partial charge in [0.15, 0.2) is 0 Å². The molecule has 1 aliphatic rings. The van der Waals surface area contributed by atoms with E-state index in [0.29, 0.717) is 5.92 Å². The summed E-state index contributed by atoms with van der Waals surface area (Å²) in [6.45, 7) is 6.25. The molecule has 1 atom stereocenters. The fourth-order valence-corrected chi connectivity index (χ4v) is 1.84. The van der Waals surface area contributed by atoms with E-state index in [1.165, 1.54) is 19.3 Å². The molecule has 3 heteroatoms. The normalized spacial score (nSPS) is 22.7. The van der Waals surface area contributed by atoms with Gasteiger partial charge in [0.05, 0.1) is 5.04 Å². The van der Waals surface area contributed by atoms with Crippen LogP contribution in [-0.4, -0.2) is 22.3 Å². The molecule has 0 aliphatic heterocycles. The van der Waals surface area contributed by atoms with Crippen LogP contribution in [0.2, 0.25) is 5.04 Å². The van der Waals surface area contributed by atoms with Crippen molar-refractivity contribution in [1.82, 2.24) is 0 Å². The van der Waals surface area contributed by atoms with Crippen molar-refractivity contribution < 1.29 is 9.53 Å². The Morgan fingerprint density at radius 1 is 1.33 bits per heavy atom. The van der Waals surface area contributed by atoms with Crippen molar-refractivity contribution in [2.45, 2.75) is 64.0 Å². The van der Waals surface area contributed by atoms with E-state index in [2.05, 4.69) is 13.8 Å². The van der Waals surface area contributed by atoms with E-state index >= 15 is 0 Å². The zero-order valence-corrected chi connectivity index (χ0v) is 12.5. The van der Waals surface area contributed by atoms with Crippen LogP contribution in [0.1, 0.15) is 52.9 Å². The summed E-state index contributed by atoms with van der Waals surface area (Å²) in [5.41, 5.74) is 0. The lowest BCUT2D eigenvalue weighted by Crippen LogP contribution is -2.32. The Balaban J connectivity index is 2.46. The highest BCUT2D eigenvalue weighted by molar-refractivity contribution is 6.26. The second kappa shape index (κ2) is 5.15. The Kier molecular flexibility index (Phi) is 4.38. The van der Waals surface area contributed by atoms with Crippen molar-refractivity contribution in [2.24, 2.45) is 5.92 Å². The van der Waals surface area contributed by atoms with E-state index in [1.807, 2.05) is 6.92 Å². The Morgan fingerprint density at radius 3 is 2.33 bits per heavy atom. The lowest BCUT2D eigenvalue weighted by atomic mass is 9.95. The molecular formula is C12H24O2Si. The fraction of sp³-hybridized carbons (Fsp3) is 0.917. The van der Waals surface area contributed by atoms with Gasteiger partial charge in [-0.05, 0) is 31.6 Å². The summed E-state index contributed by atoms with van der Waals surface area (Å²) in [7, 11) is 0.872. The van der Waals surface area contributed by atoms with Gasteiger partial charge < -0.3 is 4.74 Å². The number of carbonyl (C=O) groups excluding carboxylic acids is 1. The molecule has 15 heavy (non-hydrogen) atoms. The third-order valence-electron chi connectivity index (χ3n) is 3.80. The number of esters is 1. The summed E-state index contributed by atoms with van der Waals surface area (Å²) in [6.07, 6.45) is 6.09. The van der Waals surface area contributed by atoms with Crippen LogP contribution in [0.15, 0.2) is 0 Å². The second-order valence-electron chi connectivity index (χ2n) is 5.54. The van der Waals surface area contributed by atoms with Crippen molar-refractivity contribution in [2.75, 3.05) is 0 Å². The molecule has 1 aliphatic carbocycles. The van der Waals surface area contributed by atoms with E-state index in [4.69, 9.17) is 4.74 Å². The van der Waals surface area contributed by atoms with E-state index in [1.54, 1.807) is 0 Å². The summed E-state index contributed by atoms with van der Waals surface area (Å²) >= 11 is 0. The zero-order chi connectivity index (χ0) is 11.5. The molecule has 0 spiro atoms. The molecular weight excluding hydrogens is 204 g/mol. The molecule has 0 radical (unpaired) electrons. The molecule has 0 aromatic heterocycles. The highest BCUT2D eigenvalue weighted by Crippen LogP contribution is 2.34. The minimum absolute atomic E-state index is 0.0380. The number of hydrogen-bond donors (Lipinski definition) is 0. The lowest BCUT2D eigenvalue weighted by Gasteiger charge is -2.30. The average Bonchev–Trinajstić information content (AvgIpc) is 2.18. The first-order chi connectivity index (χ1) is 6.94. The van der Waals surface area contributed by atoms with Gasteiger partial charge in [0.25, 0.3) is 0 Å². The van der Waals surface area contributed by atoms with Crippen LogP contribution in [0, 0.1) is 5.92 Å².